The first-order valence-electron chi connectivity index (χ1n) is 5.14. The Morgan fingerprint density at radius 2 is 1.93 bits per heavy atom. The van der Waals surface area contributed by atoms with Crippen molar-refractivity contribution in [2.75, 3.05) is 0 Å². The minimum atomic E-state index is -0.113. The Morgan fingerprint density at radius 3 is 2.36 bits per heavy atom. The van der Waals surface area contributed by atoms with Crippen LogP contribution < -0.4 is 0 Å². The van der Waals surface area contributed by atoms with E-state index in [4.69, 9.17) is 9.52 Å². The van der Waals surface area contributed by atoms with Crippen LogP contribution in [0.3, 0.4) is 0 Å². The highest BCUT2D eigenvalue weighted by Crippen LogP contribution is 2.23. The number of hydrogen-bond acceptors (Lipinski definition) is 3. The third-order valence-electron chi connectivity index (χ3n) is 2.03. The summed E-state index contributed by atoms with van der Waals surface area (Å²) < 4.78 is 5.47. The molecule has 1 rings (SSSR count). The van der Waals surface area contributed by atoms with Crippen molar-refractivity contribution in [3.8, 4) is 0 Å². The van der Waals surface area contributed by atoms with Crippen molar-refractivity contribution in [3.05, 3.63) is 17.3 Å². The first-order valence-corrected chi connectivity index (χ1v) is 5.14. The first kappa shape index (κ1) is 11.2. The lowest BCUT2D eigenvalue weighted by atomic mass is 10.0. The molecule has 0 aliphatic carbocycles. The molecular weight excluding hydrogens is 178 g/mol. The van der Waals surface area contributed by atoms with E-state index in [0.29, 0.717) is 17.7 Å². The van der Waals surface area contributed by atoms with Gasteiger partial charge in [-0.3, -0.25) is 0 Å². The molecule has 0 unspecified atom stereocenters. The van der Waals surface area contributed by atoms with Gasteiger partial charge in [0.05, 0.1) is 5.69 Å². The van der Waals surface area contributed by atoms with Gasteiger partial charge >= 0.3 is 0 Å². The van der Waals surface area contributed by atoms with Crippen molar-refractivity contribution in [3.63, 3.8) is 0 Å². The summed E-state index contributed by atoms with van der Waals surface area (Å²) >= 11 is 0. The molecule has 0 saturated carbocycles. The molecule has 0 saturated heterocycles. The number of aliphatic hydroxyl groups is 1. The summed E-state index contributed by atoms with van der Waals surface area (Å²) in [7, 11) is 0. The minimum Gasteiger partial charge on any atom is -0.443 e. The second kappa shape index (κ2) is 4.60. The van der Waals surface area contributed by atoms with Gasteiger partial charge in [0.2, 0.25) is 5.89 Å². The molecule has 1 aromatic rings. The Balaban J connectivity index is 2.93. The summed E-state index contributed by atoms with van der Waals surface area (Å²) in [6.07, 6.45) is 0.914. The standard InChI is InChI=1S/C11H19NO2/c1-7(2)5-9-11(8(3)4)14-10(6-13)12-9/h7-8,13H,5-6H2,1-4H3. The molecule has 0 amide bonds. The van der Waals surface area contributed by atoms with Gasteiger partial charge < -0.3 is 9.52 Å². The van der Waals surface area contributed by atoms with Crippen LogP contribution in [0, 0.1) is 5.92 Å². The average Bonchev–Trinajstić information content (AvgIpc) is 2.46. The maximum absolute atomic E-state index is 8.94. The monoisotopic (exact) mass is 197 g/mol. The molecule has 80 valence electrons. The second-order valence-electron chi connectivity index (χ2n) is 4.33. The van der Waals surface area contributed by atoms with E-state index in [1.807, 2.05) is 0 Å². The number of oxazole rings is 1. The minimum absolute atomic E-state index is 0.113. The number of rotatable bonds is 4. The van der Waals surface area contributed by atoms with Gasteiger partial charge in [-0.15, -0.1) is 0 Å². The molecular formula is C11H19NO2. The van der Waals surface area contributed by atoms with Gasteiger partial charge in [0.25, 0.3) is 0 Å². The Kier molecular flexibility index (Phi) is 3.69. The lowest BCUT2D eigenvalue weighted by molar-refractivity contribution is 0.235. The fraction of sp³-hybridized carbons (Fsp3) is 0.727. The summed E-state index contributed by atoms with van der Waals surface area (Å²) in [5.41, 5.74) is 0.999. The van der Waals surface area contributed by atoms with Crippen molar-refractivity contribution in [2.45, 2.75) is 46.6 Å². The largest absolute Gasteiger partial charge is 0.443 e. The maximum atomic E-state index is 8.94. The number of aromatic nitrogens is 1. The summed E-state index contributed by atoms with van der Waals surface area (Å²) in [6.45, 7) is 8.34. The Morgan fingerprint density at radius 1 is 1.29 bits per heavy atom. The lowest BCUT2D eigenvalue weighted by Gasteiger charge is -2.05. The van der Waals surface area contributed by atoms with E-state index in [1.54, 1.807) is 0 Å². The molecule has 14 heavy (non-hydrogen) atoms. The first-order chi connectivity index (χ1) is 6.54. The summed E-state index contributed by atoms with van der Waals surface area (Å²) in [6, 6.07) is 0. The number of aliphatic hydroxyl groups excluding tert-OH is 1. The number of hydrogen-bond donors (Lipinski definition) is 1. The second-order valence-corrected chi connectivity index (χ2v) is 4.33. The highest BCUT2D eigenvalue weighted by molar-refractivity contribution is 5.14. The van der Waals surface area contributed by atoms with Gasteiger partial charge in [-0.05, 0) is 12.3 Å². The van der Waals surface area contributed by atoms with E-state index in [0.717, 1.165) is 17.9 Å². The van der Waals surface area contributed by atoms with Crippen LogP contribution in [0.15, 0.2) is 4.42 Å². The van der Waals surface area contributed by atoms with Gasteiger partial charge in [0.15, 0.2) is 0 Å². The van der Waals surface area contributed by atoms with Crippen molar-refractivity contribution >= 4 is 0 Å². The quantitative estimate of drug-likeness (QED) is 0.806. The predicted molar refractivity (Wildman–Crippen MR) is 55.1 cm³/mol. The molecule has 1 heterocycles. The molecule has 0 radical (unpaired) electrons. The maximum Gasteiger partial charge on any atom is 0.220 e. The van der Waals surface area contributed by atoms with Crippen LogP contribution in [0.2, 0.25) is 0 Å². The van der Waals surface area contributed by atoms with Crippen LogP contribution in [0.4, 0.5) is 0 Å². The van der Waals surface area contributed by atoms with Crippen molar-refractivity contribution in [1.29, 1.82) is 0 Å². The Labute approximate surface area is 85.2 Å². The fourth-order valence-corrected chi connectivity index (χ4v) is 1.47. The van der Waals surface area contributed by atoms with Gasteiger partial charge in [0.1, 0.15) is 12.4 Å². The highest BCUT2D eigenvalue weighted by Gasteiger charge is 2.16. The fourth-order valence-electron chi connectivity index (χ4n) is 1.47. The van der Waals surface area contributed by atoms with E-state index in [9.17, 15) is 0 Å². The van der Waals surface area contributed by atoms with Crippen LogP contribution in [0.1, 0.15) is 51.0 Å². The van der Waals surface area contributed by atoms with E-state index < -0.39 is 0 Å². The molecule has 0 spiro atoms. The average molecular weight is 197 g/mol. The summed E-state index contributed by atoms with van der Waals surface area (Å²) in [5, 5.41) is 8.94. The third kappa shape index (κ3) is 2.58. The Bertz CT molecular complexity index is 289. The molecule has 0 aliphatic rings. The van der Waals surface area contributed by atoms with E-state index >= 15 is 0 Å². The van der Waals surface area contributed by atoms with E-state index in [1.165, 1.54) is 0 Å². The zero-order valence-corrected chi connectivity index (χ0v) is 9.37. The topological polar surface area (TPSA) is 46.3 Å². The summed E-state index contributed by atoms with van der Waals surface area (Å²) in [5.74, 6) is 2.24. The Hall–Kier alpha value is -0.830. The molecule has 0 fully saturated rings. The predicted octanol–water partition coefficient (Wildman–Crippen LogP) is 2.49. The van der Waals surface area contributed by atoms with Crippen molar-refractivity contribution in [2.24, 2.45) is 5.92 Å². The molecule has 0 atom stereocenters. The van der Waals surface area contributed by atoms with Crippen molar-refractivity contribution in [1.82, 2.24) is 4.98 Å². The van der Waals surface area contributed by atoms with Crippen LogP contribution >= 0.6 is 0 Å². The molecule has 0 bridgehead atoms. The van der Waals surface area contributed by atoms with Gasteiger partial charge in [-0.1, -0.05) is 27.7 Å². The van der Waals surface area contributed by atoms with Gasteiger partial charge in [-0.2, -0.15) is 0 Å². The lowest BCUT2D eigenvalue weighted by Crippen LogP contribution is -1.99. The van der Waals surface area contributed by atoms with Crippen LogP contribution in [-0.2, 0) is 13.0 Å². The smallest absolute Gasteiger partial charge is 0.220 e. The number of nitrogens with zero attached hydrogens (tertiary/aromatic N) is 1. The molecule has 0 aliphatic heterocycles. The SMILES string of the molecule is CC(C)Cc1nc(CO)oc1C(C)C. The zero-order chi connectivity index (χ0) is 10.7. The summed E-state index contributed by atoms with van der Waals surface area (Å²) in [4.78, 5) is 4.27. The zero-order valence-electron chi connectivity index (χ0n) is 9.37. The molecule has 3 heteroatoms. The molecule has 1 aromatic heterocycles. The molecule has 0 aromatic carbocycles. The molecule has 3 nitrogen and oxygen atoms in total. The van der Waals surface area contributed by atoms with Gasteiger partial charge in [-0.25, -0.2) is 4.98 Å². The third-order valence-corrected chi connectivity index (χ3v) is 2.03. The van der Waals surface area contributed by atoms with Crippen LogP contribution in [0.5, 0.6) is 0 Å². The van der Waals surface area contributed by atoms with Crippen LogP contribution in [0.25, 0.3) is 0 Å². The van der Waals surface area contributed by atoms with Gasteiger partial charge in [0, 0.05) is 5.92 Å². The molecule has 1 N–H and O–H groups in total. The highest BCUT2D eigenvalue weighted by atomic mass is 16.4. The van der Waals surface area contributed by atoms with Crippen LogP contribution in [-0.4, -0.2) is 10.1 Å². The van der Waals surface area contributed by atoms with E-state index in [-0.39, 0.29) is 6.61 Å². The normalized spacial score (nSPS) is 11.6. The van der Waals surface area contributed by atoms with E-state index in [2.05, 4.69) is 32.7 Å². The van der Waals surface area contributed by atoms with Crippen molar-refractivity contribution < 1.29 is 9.52 Å².